The Bertz CT molecular complexity index is 877. The lowest BCUT2D eigenvalue weighted by Gasteiger charge is -2.29. The van der Waals surface area contributed by atoms with Crippen molar-refractivity contribution in [1.82, 2.24) is 9.78 Å². The Morgan fingerprint density at radius 3 is 2.52 bits per heavy atom. The van der Waals surface area contributed by atoms with E-state index in [0.717, 1.165) is 5.56 Å². The van der Waals surface area contributed by atoms with Gasteiger partial charge in [-0.25, -0.2) is 0 Å². The van der Waals surface area contributed by atoms with E-state index in [1.807, 2.05) is 13.8 Å². The normalized spacial score (nSPS) is 19.4. The van der Waals surface area contributed by atoms with Crippen LogP contribution in [0.5, 0.6) is 0 Å². The molecule has 0 spiro atoms. The van der Waals surface area contributed by atoms with Crippen molar-refractivity contribution >= 4 is 16.4 Å². The monoisotopic (exact) mass is 336 g/mol. The van der Waals surface area contributed by atoms with Gasteiger partial charge in [-0.3, -0.25) is 23.4 Å². The van der Waals surface area contributed by atoms with Gasteiger partial charge in [-0.05, 0) is 30.2 Å². The van der Waals surface area contributed by atoms with Crippen molar-refractivity contribution in [2.24, 2.45) is 7.05 Å². The molecule has 1 aromatic heterocycles. The van der Waals surface area contributed by atoms with Crippen molar-refractivity contribution in [3.05, 3.63) is 50.9 Å². The molecule has 3 N–H and O–H groups in total. The predicted octanol–water partition coefficient (Wildman–Crippen LogP) is 2.65. The molecule has 124 valence electrons. The number of hydrogen-bond acceptors (Lipinski definition) is 4. The molecule has 0 aliphatic carbocycles. The standard InChI is InChI=1S/C16H20N2O4S/c1-9-10(14(19)11-7-17-18(4)15(11)20)5-6-12-13(9)16(2,3)8-23(12,21)22/h5-7,17,21-22H,8H2,1-4H3. The molecule has 23 heavy (non-hydrogen) atoms. The zero-order valence-electron chi connectivity index (χ0n) is 13.5. The van der Waals surface area contributed by atoms with Crippen LogP contribution in [0.15, 0.2) is 28.0 Å². The van der Waals surface area contributed by atoms with E-state index in [9.17, 15) is 18.7 Å². The van der Waals surface area contributed by atoms with Crippen LogP contribution in [-0.2, 0) is 12.5 Å². The topological polar surface area (TPSA) is 95.3 Å². The van der Waals surface area contributed by atoms with E-state index in [2.05, 4.69) is 5.10 Å². The second-order valence-corrected chi connectivity index (χ2v) is 8.75. The smallest absolute Gasteiger partial charge is 0.277 e. The average molecular weight is 336 g/mol. The first kappa shape index (κ1) is 16.0. The molecule has 6 nitrogen and oxygen atoms in total. The van der Waals surface area contributed by atoms with Crippen LogP contribution in [0.25, 0.3) is 0 Å². The summed E-state index contributed by atoms with van der Waals surface area (Å²) in [5, 5.41) is 2.70. The van der Waals surface area contributed by atoms with E-state index in [-0.39, 0.29) is 22.7 Å². The number of aromatic amines is 1. The van der Waals surface area contributed by atoms with Crippen LogP contribution in [0.3, 0.4) is 0 Å². The number of nitrogens with zero attached hydrogens (tertiary/aromatic N) is 1. The molecule has 1 aliphatic heterocycles. The van der Waals surface area contributed by atoms with Gasteiger partial charge in [0.25, 0.3) is 5.56 Å². The van der Waals surface area contributed by atoms with Gasteiger partial charge in [0.15, 0.2) is 5.78 Å². The number of nitrogens with one attached hydrogen (secondary N) is 1. The Kier molecular flexibility index (Phi) is 3.37. The Morgan fingerprint density at radius 1 is 1.30 bits per heavy atom. The van der Waals surface area contributed by atoms with E-state index in [4.69, 9.17) is 0 Å². The van der Waals surface area contributed by atoms with Crippen LogP contribution in [0.4, 0.5) is 0 Å². The molecule has 3 rings (SSSR count). The van der Waals surface area contributed by atoms with Crippen molar-refractivity contribution in [2.75, 3.05) is 5.75 Å². The zero-order chi connectivity index (χ0) is 17.2. The second-order valence-electron chi connectivity index (χ2n) is 6.69. The third-order valence-electron chi connectivity index (χ3n) is 4.44. The molecule has 7 heteroatoms. The number of aromatic nitrogens is 2. The summed E-state index contributed by atoms with van der Waals surface area (Å²) < 4.78 is 21.8. The van der Waals surface area contributed by atoms with Gasteiger partial charge in [-0.1, -0.05) is 13.8 Å². The number of carbonyl (C=O) groups is 1. The summed E-state index contributed by atoms with van der Waals surface area (Å²) in [4.78, 5) is 25.2. The minimum absolute atomic E-state index is 0.0814. The number of H-pyrrole nitrogens is 1. The number of ketones is 1. The maximum absolute atomic E-state index is 12.7. The maximum Gasteiger partial charge on any atom is 0.277 e. The summed E-state index contributed by atoms with van der Waals surface area (Å²) in [5.41, 5.74) is 1.20. The number of rotatable bonds is 2. The number of hydrogen-bond donors (Lipinski definition) is 3. The van der Waals surface area contributed by atoms with E-state index in [0.29, 0.717) is 16.0 Å². The number of aryl methyl sites for hydroxylation is 1. The summed E-state index contributed by atoms with van der Waals surface area (Å²) in [6.07, 6.45) is 1.40. The van der Waals surface area contributed by atoms with Gasteiger partial charge in [0, 0.05) is 24.2 Å². The molecular formula is C16H20N2O4S. The Morgan fingerprint density at radius 2 is 1.96 bits per heavy atom. The zero-order valence-corrected chi connectivity index (χ0v) is 14.3. The van der Waals surface area contributed by atoms with Crippen LogP contribution in [0.2, 0.25) is 0 Å². The average Bonchev–Trinajstić information content (AvgIpc) is 2.85. The molecule has 2 heterocycles. The Balaban J connectivity index is 2.20. The van der Waals surface area contributed by atoms with E-state index >= 15 is 0 Å². The largest absolute Gasteiger partial charge is 0.302 e. The number of benzene rings is 1. The highest BCUT2D eigenvalue weighted by atomic mass is 32.3. The third kappa shape index (κ3) is 2.27. The summed E-state index contributed by atoms with van der Waals surface area (Å²) in [7, 11) is -1.28. The SMILES string of the molecule is Cc1c(C(=O)c2c[nH]n(C)c2=O)ccc2c1C(C)(C)CS2(O)O. The summed E-state index contributed by atoms with van der Waals surface area (Å²) in [5.74, 6) is -0.106. The first-order valence-corrected chi connectivity index (χ1v) is 8.97. The minimum Gasteiger partial charge on any atom is -0.302 e. The van der Waals surface area contributed by atoms with Crippen molar-refractivity contribution < 1.29 is 13.9 Å². The van der Waals surface area contributed by atoms with Gasteiger partial charge in [-0.2, -0.15) is 10.6 Å². The number of fused-ring (bicyclic) bond motifs is 1. The molecule has 0 saturated heterocycles. The minimum atomic E-state index is -2.83. The number of carbonyl (C=O) groups excluding carboxylic acids is 1. The highest BCUT2D eigenvalue weighted by molar-refractivity contribution is 8.24. The van der Waals surface area contributed by atoms with Crippen molar-refractivity contribution in [1.29, 1.82) is 0 Å². The van der Waals surface area contributed by atoms with Crippen molar-refractivity contribution in [3.63, 3.8) is 0 Å². The van der Waals surface area contributed by atoms with E-state index in [1.54, 1.807) is 26.1 Å². The third-order valence-corrected chi connectivity index (χ3v) is 6.61. The van der Waals surface area contributed by atoms with Crippen LogP contribution in [-0.4, -0.2) is 30.4 Å². The van der Waals surface area contributed by atoms with Gasteiger partial charge in [0.1, 0.15) is 5.56 Å². The maximum atomic E-state index is 12.7. The second kappa shape index (κ2) is 4.83. The highest BCUT2D eigenvalue weighted by Crippen LogP contribution is 2.62. The van der Waals surface area contributed by atoms with Crippen LogP contribution >= 0.6 is 10.6 Å². The van der Waals surface area contributed by atoms with Crippen molar-refractivity contribution in [2.45, 2.75) is 31.1 Å². The molecule has 1 aromatic carbocycles. The van der Waals surface area contributed by atoms with Crippen molar-refractivity contribution in [3.8, 4) is 0 Å². The molecular weight excluding hydrogens is 316 g/mol. The van der Waals surface area contributed by atoms with Crippen LogP contribution in [0.1, 0.15) is 40.9 Å². The van der Waals surface area contributed by atoms with Gasteiger partial charge in [0.2, 0.25) is 0 Å². The van der Waals surface area contributed by atoms with Crippen LogP contribution < -0.4 is 5.56 Å². The molecule has 0 bridgehead atoms. The lowest BCUT2D eigenvalue weighted by atomic mass is 9.82. The predicted molar refractivity (Wildman–Crippen MR) is 89.7 cm³/mol. The molecule has 0 fully saturated rings. The molecule has 0 amide bonds. The fraction of sp³-hybridized carbons (Fsp3) is 0.375. The lowest BCUT2D eigenvalue weighted by molar-refractivity contribution is 0.103. The molecule has 0 unspecified atom stereocenters. The van der Waals surface area contributed by atoms with E-state index < -0.39 is 16.0 Å². The van der Waals surface area contributed by atoms with Crippen LogP contribution in [0, 0.1) is 6.92 Å². The van der Waals surface area contributed by atoms with Gasteiger partial charge >= 0.3 is 0 Å². The Labute approximate surface area is 135 Å². The van der Waals surface area contributed by atoms with Gasteiger partial charge in [0.05, 0.1) is 10.6 Å². The molecule has 0 radical (unpaired) electrons. The summed E-state index contributed by atoms with van der Waals surface area (Å²) >= 11 is 0. The summed E-state index contributed by atoms with van der Waals surface area (Å²) in [6, 6.07) is 3.19. The lowest BCUT2D eigenvalue weighted by Crippen LogP contribution is -2.22. The quantitative estimate of drug-likeness (QED) is 0.735. The molecule has 2 aromatic rings. The Hall–Kier alpha value is -1.83. The van der Waals surface area contributed by atoms with Gasteiger partial charge in [-0.15, -0.1) is 0 Å². The van der Waals surface area contributed by atoms with Gasteiger partial charge < -0.3 is 5.10 Å². The molecule has 0 atom stereocenters. The fourth-order valence-corrected chi connectivity index (χ4v) is 5.82. The molecule has 1 aliphatic rings. The molecule has 0 saturated carbocycles. The first-order valence-electron chi connectivity index (χ1n) is 7.25. The summed E-state index contributed by atoms with van der Waals surface area (Å²) in [6.45, 7) is 5.67. The van der Waals surface area contributed by atoms with E-state index in [1.165, 1.54) is 10.9 Å². The fourth-order valence-electron chi connectivity index (χ4n) is 3.47. The highest BCUT2D eigenvalue weighted by Gasteiger charge is 2.42. The first-order chi connectivity index (χ1) is 10.6.